The van der Waals surface area contributed by atoms with Gasteiger partial charge in [0.15, 0.2) is 0 Å². The highest BCUT2D eigenvalue weighted by molar-refractivity contribution is 5.93. The summed E-state index contributed by atoms with van der Waals surface area (Å²) in [5, 5.41) is 3.15. The summed E-state index contributed by atoms with van der Waals surface area (Å²) < 4.78 is 5.37. The number of aryl methyl sites for hydroxylation is 1. The van der Waals surface area contributed by atoms with Gasteiger partial charge in [-0.1, -0.05) is 24.3 Å². The third-order valence-electron chi connectivity index (χ3n) is 4.90. The average Bonchev–Trinajstić information content (AvgIpc) is 2.69. The average molecular weight is 338 g/mol. The number of morpholine rings is 1. The maximum Gasteiger partial charge on any atom is 0.270 e. The van der Waals surface area contributed by atoms with Crippen LogP contribution >= 0.6 is 0 Å². The molecule has 1 atom stereocenters. The highest BCUT2D eigenvalue weighted by Gasteiger charge is 2.23. The zero-order valence-electron chi connectivity index (χ0n) is 14.1. The van der Waals surface area contributed by atoms with Gasteiger partial charge in [-0.15, -0.1) is 0 Å². The number of hydrogen-bond acceptors (Lipinski definition) is 5. The predicted octanol–water partition coefficient (Wildman–Crippen LogP) is 2.12. The van der Waals surface area contributed by atoms with Crippen LogP contribution in [0.5, 0.6) is 0 Å². The summed E-state index contributed by atoms with van der Waals surface area (Å²) in [7, 11) is 0. The van der Waals surface area contributed by atoms with Crippen LogP contribution in [0.15, 0.2) is 36.7 Å². The molecule has 25 heavy (non-hydrogen) atoms. The lowest BCUT2D eigenvalue weighted by molar-refractivity contribution is 0.0927. The molecule has 0 radical (unpaired) electrons. The van der Waals surface area contributed by atoms with Gasteiger partial charge in [-0.25, -0.2) is 9.97 Å². The fraction of sp³-hybridized carbons (Fsp3) is 0.421. The van der Waals surface area contributed by atoms with Crippen LogP contribution in [0.4, 0.5) is 5.82 Å². The maximum absolute atomic E-state index is 12.7. The molecule has 1 saturated heterocycles. The van der Waals surface area contributed by atoms with Gasteiger partial charge in [-0.3, -0.25) is 4.79 Å². The van der Waals surface area contributed by atoms with Gasteiger partial charge < -0.3 is 15.0 Å². The molecule has 1 amide bonds. The fourth-order valence-corrected chi connectivity index (χ4v) is 3.57. The molecule has 6 nitrogen and oxygen atoms in total. The minimum absolute atomic E-state index is 0.0549. The van der Waals surface area contributed by atoms with E-state index in [9.17, 15) is 4.79 Å². The molecule has 1 aliphatic carbocycles. The van der Waals surface area contributed by atoms with Gasteiger partial charge in [0.1, 0.15) is 17.8 Å². The largest absolute Gasteiger partial charge is 0.378 e. The van der Waals surface area contributed by atoms with Crippen molar-refractivity contribution in [1.82, 2.24) is 15.3 Å². The second-order valence-electron chi connectivity index (χ2n) is 6.48. The topological polar surface area (TPSA) is 67.4 Å². The third kappa shape index (κ3) is 3.49. The third-order valence-corrected chi connectivity index (χ3v) is 4.90. The van der Waals surface area contributed by atoms with Crippen molar-refractivity contribution in [3.63, 3.8) is 0 Å². The van der Waals surface area contributed by atoms with Gasteiger partial charge >= 0.3 is 0 Å². The summed E-state index contributed by atoms with van der Waals surface area (Å²) in [4.78, 5) is 23.3. The SMILES string of the molecule is O=C(NC1CCCc2ccccc21)c1cc(N2CCOCC2)ncn1. The van der Waals surface area contributed by atoms with Crippen LogP contribution in [0, 0.1) is 0 Å². The number of benzene rings is 1. The Hall–Kier alpha value is -2.47. The molecule has 2 aliphatic rings. The molecule has 1 fully saturated rings. The number of amides is 1. The van der Waals surface area contributed by atoms with Crippen LogP contribution in [0.3, 0.4) is 0 Å². The van der Waals surface area contributed by atoms with Crippen molar-refractivity contribution in [2.24, 2.45) is 0 Å². The molecule has 1 unspecified atom stereocenters. The molecular formula is C19H22N4O2. The number of rotatable bonds is 3. The predicted molar refractivity (Wildman–Crippen MR) is 94.7 cm³/mol. The second kappa shape index (κ2) is 7.19. The lowest BCUT2D eigenvalue weighted by Gasteiger charge is -2.28. The summed E-state index contributed by atoms with van der Waals surface area (Å²) in [6, 6.07) is 10.2. The molecule has 2 aromatic rings. The van der Waals surface area contributed by atoms with Gasteiger partial charge in [-0.2, -0.15) is 0 Å². The monoisotopic (exact) mass is 338 g/mol. The summed E-state index contributed by atoms with van der Waals surface area (Å²) in [6.07, 6.45) is 4.60. The zero-order chi connectivity index (χ0) is 17.1. The Balaban J connectivity index is 1.50. The van der Waals surface area contributed by atoms with E-state index in [1.807, 2.05) is 6.07 Å². The maximum atomic E-state index is 12.7. The highest BCUT2D eigenvalue weighted by Crippen LogP contribution is 2.29. The number of carbonyl (C=O) groups is 1. The minimum atomic E-state index is -0.140. The molecule has 130 valence electrons. The number of nitrogens with one attached hydrogen (secondary N) is 1. The second-order valence-corrected chi connectivity index (χ2v) is 6.48. The van der Waals surface area contributed by atoms with E-state index in [2.05, 4.69) is 38.4 Å². The molecule has 1 N–H and O–H groups in total. The first-order chi connectivity index (χ1) is 12.3. The lowest BCUT2D eigenvalue weighted by atomic mass is 9.87. The van der Waals surface area contributed by atoms with E-state index < -0.39 is 0 Å². The number of fused-ring (bicyclic) bond motifs is 1. The van der Waals surface area contributed by atoms with E-state index >= 15 is 0 Å². The first-order valence-corrected chi connectivity index (χ1v) is 8.85. The van der Waals surface area contributed by atoms with Gasteiger partial charge in [0.25, 0.3) is 5.91 Å². The molecule has 0 saturated carbocycles. The van der Waals surface area contributed by atoms with E-state index in [1.165, 1.54) is 17.5 Å². The van der Waals surface area contributed by atoms with Crippen LogP contribution in [-0.2, 0) is 11.2 Å². The summed E-state index contributed by atoms with van der Waals surface area (Å²) in [6.45, 7) is 2.94. The highest BCUT2D eigenvalue weighted by atomic mass is 16.5. The number of carbonyl (C=O) groups excluding carboxylic acids is 1. The van der Waals surface area contributed by atoms with Gasteiger partial charge in [0.2, 0.25) is 0 Å². The smallest absolute Gasteiger partial charge is 0.270 e. The van der Waals surface area contributed by atoms with Crippen molar-refractivity contribution in [1.29, 1.82) is 0 Å². The van der Waals surface area contributed by atoms with Crippen molar-refractivity contribution in [2.75, 3.05) is 31.2 Å². The summed E-state index contributed by atoms with van der Waals surface area (Å²) in [5.41, 5.74) is 2.97. The van der Waals surface area contributed by atoms with Crippen molar-refractivity contribution in [3.05, 3.63) is 53.5 Å². The first-order valence-electron chi connectivity index (χ1n) is 8.85. The molecule has 2 heterocycles. The molecule has 6 heteroatoms. The molecule has 1 aromatic carbocycles. The Bertz CT molecular complexity index is 759. The Morgan fingerprint density at radius 1 is 1.20 bits per heavy atom. The molecule has 0 spiro atoms. The zero-order valence-corrected chi connectivity index (χ0v) is 14.1. The molecule has 4 rings (SSSR count). The van der Waals surface area contributed by atoms with E-state index in [0.29, 0.717) is 18.9 Å². The van der Waals surface area contributed by atoms with E-state index in [-0.39, 0.29) is 11.9 Å². The first kappa shape index (κ1) is 16.0. The minimum Gasteiger partial charge on any atom is -0.378 e. The van der Waals surface area contributed by atoms with Gasteiger partial charge in [0.05, 0.1) is 19.3 Å². The van der Waals surface area contributed by atoms with Crippen LogP contribution in [0.1, 0.15) is 40.5 Å². The Morgan fingerprint density at radius 3 is 2.92 bits per heavy atom. The van der Waals surface area contributed by atoms with Crippen molar-refractivity contribution < 1.29 is 9.53 Å². The number of anilines is 1. The van der Waals surface area contributed by atoms with E-state index in [4.69, 9.17) is 4.74 Å². The molecule has 0 bridgehead atoms. The normalized spacial score (nSPS) is 20.0. The van der Waals surface area contributed by atoms with Gasteiger partial charge in [0, 0.05) is 19.2 Å². The number of nitrogens with zero attached hydrogens (tertiary/aromatic N) is 3. The number of ether oxygens (including phenoxy) is 1. The standard InChI is InChI=1S/C19H22N4O2/c24-19(22-16-7-3-5-14-4-1-2-6-15(14)16)17-12-18(21-13-20-17)23-8-10-25-11-9-23/h1-2,4,6,12-13,16H,3,5,7-11H2,(H,22,24). The quantitative estimate of drug-likeness (QED) is 0.928. The Morgan fingerprint density at radius 2 is 2.04 bits per heavy atom. The lowest BCUT2D eigenvalue weighted by Crippen LogP contribution is -2.37. The van der Waals surface area contributed by atoms with E-state index in [0.717, 1.165) is 38.2 Å². The van der Waals surface area contributed by atoms with E-state index in [1.54, 1.807) is 6.07 Å². The van der Waals surface area contributed by atoms with Crippen molar-refractivity contribution in [2.45, 2.75) is 25.3 Å². The van der Waals surface area contributed by atoms with Crippen molar-refractivity contribution in [3.8, 4) is 0 Å². The molecule has 1 aromatic heterocycles. The summed E-state index contributed by atoms with van der Waals surface area (Å²) >= 11 is 0. The molecule has 1 aliphatic heterocycles. The summed E-state index contributed by atoms with van der Waals surface area (Å²) in [5.74, 6) is 0.645. The van der Waals surface area contributed by atoms with Crippen LogP contribution < -0.4 is 10.2 Å². The fourth-order valence-electron chi connectivity index (χ4n) is 3.57. The Kier molecular flexibility index (Phi) is 4.61. The van der Waals surface area contributed by atoms with Gasteiger partial charge in [-0.05, 0) is 30.4 Å². The van der Waals surface area contributed by atoms with Crippen LogP contribution in [0.25, 0.3) is 0 Å². The Labute approximate surface area is 147 Å². The van der Waals surface area contributed by atoms with Crippen LogP contribution in [-0.4, -0.2) is 42.2 Å². The number of hydrogen-bond donors (Lipinski definition) is 1. The van der Waals surface area contributed by atoms with Crippen LogP contribution in [0.2, 0.25) is 0 Å². The van der Waals surface area contributed by atoms with Crippen molar-refractivity contribution >= 4 is 11.7 Å². The molecular weight excluding hydrogens is 316 g/mol. The number of aromatic nitrogens is 2.